The van der Waals surface area contributed by atoms with E-state index in [9.17, 15) is 0 Å². The molecule has 0 spiro atoms. The summed E-state index contributed by atoms with van der Waals surface area (Å²) in [6, 6.07) is 41.3. The number of furan rings is 1. The average Bonchev–Trinajstić information content (AvgIpc) is 3.58. The molecule has 2 nitrogen and oxygen atoms in total. The third-order valence-corrected chi connectivity index (χ3v) is 8.58. The Hall–Kier alpha value is -5.08. The van der Waals surface area contributed by atoms with Crippen molar-refractivity contribution < 1.29 is 9.15 Å². The van der Waals surface area contributed by atoms with Crippen molar-refractivity contribution in [2.45, 2.75) is 12.0 Å². The van der Waals surface area contributed by atoms with Crippen LogP contribution in [0.3, 0.4) is 0 Å². The van der Waals surface area contributed by atoms with Gasteiger partial charge in [0.05, 0.1) is 0 Å². The minimum atomic E-state index is -0.0221. The van der Waals surface area contributed by atoms with Gasteiger partial charge in [0, 0.05) is 22.3 Å². The van der Waals surface area contributed by atoms with Crippen molar-refractivity contribution in [3.8, 4) is 16.9 Å². The predicted octanol–water partition coefficient (Wildman–Crippen LogP) is 10.1. The zero-order chi connectivity index (χ0) is 26.2. The first-order chi connectivity index (χ1) is 19.8. The van der Waals surface area contributed by atoms with Gasteiger partial charge in [-0.25, -0.2) is 0 Å². The first-order valence-corrected chi connectivity index (χ1v) is 13.8. The average molecular weight is 513 g/mol. The molecule has 40 heavy (non-hydrogen) atoms. The van der Waals surface area contributed by atoms with Gasteiger partial charge >= 0.3 is 0 Å². The van der Waals surface area contributed by atoms with Crippen molar-refractivity contribution >= 4 is 49.1 Å². The zero-order valence-electron chi connectivity index (χ0n) is 21.7. The van der Waals surface area contributed by atoms with Crippen LogP contribution in [0.2, 0.25) is 0 Å². The first kappa shape index (κ1) is 21.8. The SMILES string of the molecule is C1=CC2Oc3c(ccc4c3oc3ccc(-c5ccc6ccccc6c5)cc34)C2C=C1c1ccc2ccccc2c1. The predicted molar refractivity (Wildman–Crippen MR) is 165 cm³/mol. The van der Waals surface area contributed by atoms with Crippen molar-refractivity contribution in [3.63, 3.8) is 0 Å². The first-order valence-electron chi connectivity index (χ1n) is 13.8. The number of benzene rings is 6. The fraction of sp³-hybridized carbons (Fsp3) is 0.0526. The number of hydrogen-bond donors (Lipinski definition) is 0. The molecule has 0 amide bonds. The maximum absolute atomic E-state index is 6.55. The Morgan fingerprint density at radius 1 is 0.550 bits per heavy atom. The molecule has 2 heteroatoms. The molecule has 0 N–H and O–H groups in total. The molecule has 2 aliphatic rings. The minimum Gasteiger partial charge on any atom is -0.481 e. The molecule has 0 saturated carbocycles. The van der Waals surface area contributed by atoms with Gasteiger partial charge in [-0.2, -0.15) is 0 Å². The van der Waals surface area contributed by atoms with Crippen LogP contribution in [0.15, 0.2) is 138 Å². The lowest BCUT2D eigenvalue weighted by Crippen LogP contribution is -2.16. The number of allylic oxidation sites excluding steroid dienone is 2. The fourth-order valence-corrected chi connectivity index (χ4v) is 6.50. The third-order valence-electron chi connectivity index (χ3n) is 8.58. The molecule has 2 atom stereocenters. The molecule has 1 aliphatic carbocycles. The molecule has 6 aromatic carbocycles. The minimum absolute atomic E-state index is 0.0221. The van der Waals surface area contributed by atoms with Crippen LogP contribution in [0.5, 0.6) is 5.75 Å². The van der Waals surface area contributed by atoms with Crippen LogP contribution < -0.4 is 4.74 Å². The van der Waals surface area contributed by atoms with Gasteiger partial charge in [0.1, 0.15) is 11.7 Å². The molecular formula is C38H24O2. The molecule has 1 aliphatic heterocycles. The topological polar surface area (TPSA) is 22.4 Å². The maximum Gasteiger partial charge on any atom is 0.177 e. The zero-order valence-corrected chi connectivity index (χ0v) is 21.7. The summed E-state index contributed by atoms with van der Waals surface area (Å²) in [7, 11) is 0. The molecule has 7 aromatic rings. The molecule has 0 saturated heterocycles. The van der Waals surface area contributed by atoms with Crippen molar-refractivity contribution in [3.05, 3.63) is 145 Å². The van der Waals surface area contributed by atoms with Crippen LogP contribution in [0.1, 0.15) is 17.0 Å². The van der Waals surface area contributed by atoms with E-state index in [2.05, 4.69) is 133 Å². The highest BCUT2D eigenvalue weighted by atomic mass is 16.5. The van der Waals surface area contributed by atoms with Gasteiger partial charge in [0.15, 0.2) is 11.3 Å². The summed E-state index contributed by atoms with van der Waals surface area (Å²) in [6.07, 6.45) is 6.73. The largest absolute Gasteiger partial charge is 0.481 e. The highest BCUT2D eigenvalue weighted by Crippen LogP contribution is 2.49. The molecule has 0 radical (unpaired) electrons. The Morgan fingerprint density at radius 2 is 1.23 bits per heavy atom. The van der Waals surface area contributed by atoms with E-state index in [1.54, 1.807) is 0 Å². The van der Waals surface area contributed by atoms with Crippen molar-refractivity contribution in [2.24, 2.45) is 0 Å². The summed E-state index contributed by atoms with van der Waals surface area (Å²) >= 11 is 0. The van der Waals surface area contributed by atoms with E-state index >= 15 is 0 Å². The molecule has 9 rings (SSSR count). The molecule has 0 fully saturated rings. The lowest BCUT2D eigenvalue weighted by atomic mass is 9.86. The van der Waals surface area contributed by atoms with E-state index in [1.807, 2.05) is 0 Å². The van der Waals surface area contributed by atoms with Gasteiger partial charge in [0.2, 0.25) is 0 Å². The molecule has 2 heterocycles. The fourth-order valence-electron chi connectivity index (χ4n) is 6.50. The van der Waals surface area contributed by atoms with Gasteiger partial charge in [-0.15, -0.1) is 0 Å². The molecular weight excluding hydrogens is 488 g/mol. The summed E-state index contributed by atoms with van der Waals surface area (Å²) in [5, 5.41) is 7.22. The second-order valence-electron chi connectivity index (χ2n) is 10.9. The van der Waals surface area contributed by atoms with Gasteiger partial charge < -0.3 is 9.15 Å². The van der Waals surface area contributed by atoms with Crippen LogP contribution in [0.4, 0.5) is 0 Å². The van der Waals surface area contributed by atoms with Gasteiger partial charge in [-0.1, -0.05) is 97.1 Å². The quantitative estimate of drug-likeness (QED) is 0.230. The van der Waals surface area contributed by atoms with Crippen LogP contribution in [-0.4, -0.2) is 6.10 Å². The van der Waals surface area contributed by atoms with Gasteiger partial charge in [-0.05, 0) is 80.2 Å². The van der Waals surface area contributed by atoms with Crippen LogP contribution in [-0.2, 0) is 0 Å². The van der Waals surface area contributed by atoms with Crippen molar-refractivity contribution in [2.75, 3.05) is 0 Å². The molecule has 188 valence electrons. The summed E-state index contributed by atoms with van der Waals surface area (Å²) in [4.78, 5) is 0. The standard InChI is InChI=1S/C38H24O2/c1-3-7-25-19-27(11-9-23(25)5-1)29-13-17-35-33(21-29)31-15-16-32-34-22-30(14-18-36(34)40-38(32)37(31)39-35)28-12-10-24-6-2-4-8-26(24)20-28/h1-22,33,35H. The number of hydrogen-bond acceptors (Lipinski definition) is 2. The van der Waals surface area contributed by atoms with Crippen LogP contribution in [0.25, 0.3) is 60.2 Å². The summed E-state index contributed by atoms with van der Waals surface area (Å²) < 4.78 is 13.0. The Kier molecular flexibility index (Phi) is 4.48. The van der Waals surface area contributed by atoms with E-state index in [0.29, 0.717) is 0 Å². The second kappa shape index (κ2) is 8.21. The van der Waals surface area contributed by atoms with E-state index in [-0.39, 0.29) is 12.0 Å². The van der Waals surface area contributed by atoms with E-state index in [1.165, 1.54) is 49.4 Å². The molecule has 2 unspecified atom stereocenters. The van der Waals surface area contributed by atoms with Crippen LogP contribution in [0, 0.1) is 0 Å². The Bertz CT molecular complexity index is 2210. The lowest BCUT2D eigenvalue weighted by Gasteiger charge is -2.19. The van der Waals surface area contributed by atoms with E-state index < -0.39 is 0 Å². The highest BCUT2D eigenvalue weighted by Gasteiger charge is 2.36. The smallest absolute Gasteiger partial charge is 0.177 e. The Labute approximate surface area is 231 Å². The van der Waals surface area contributed by atoms with Gasteiger partial charge in [0.25, 0.3) is 0 Å². The number of ether oxygens (including phenoxy) is 1. The third kappa shape index (κ3) is 3.23. The second-order valence-corrected chi connectivity index (χ2v) is 10.9. The van der Waals surface area contributed by atoms with Crippen molar-refractivity contribution in [1.82, 2.24) is 0 Å². The van der Waals surface area contributed by atoms with E-state index in [4.69, 9.17) is 9.15 Å². The lowest BCUT2D eigenvalue weighted by molar-refractivity contribution is 0.269. The number of fused-ring (bicyclic) bond motifs is 9. The van der Waals surface area contributed by atoms with Crippen LogP contribution >= 0.6 is 0 Å². The van der Waals surface area contributed by atoms with E-state index in [0.717, 1.165) is 27.7 Å². The Morgan fingerprint density at radius 3 is 2.02 bits per heavy atom. The van der Waals surface area contributed by atoms with Crippen molar-refractivity contribution in [1.29, 1.82) is 0 Å². The molecule has 1 aromatic heterocycles. The summed E-state index contributed by atoms with van der Waals surface area (Å²) in [5.74, 6) is 1.03. The highest BCUT2D eigenvalue weighted by molar-refractivity contribution is 6.09. The Balaban J connectivity index is 1.13. The monoisotopic (exact) mass is 512 g/mol. The summed E-state index contributed by atoms with van der Waals surface area (Å²) in [6.45, 7) is 0. The maximum atomic E-state index is 6.55. The summed E-state index contributed by atoms with van der Waals surface area (Å²) in [5.41, 5.74) is 7.76. The number of rotatable bonds is 2. The molecule has 0 bridgehead atoms. The van der Waals surface area contributed by atoms with Gasteiger partial charge in [-0.3, -0.25) is 0 Å². The normalized spacial score (nSPS) is 17.8.